The first-order chi connectivity index (χ1) is 7.40. The fraction of sp³-hybridized carbons (Fsp3) is 0.600. The molecule has 0 bridgehead atoms. The molecule has 2 heterocycles. The van der Waals surface area contributed by atoms with Crippen LogP contribution in [0.2, 0.25) is 0 Å². The summed E-state index contributed by atoms with van der Waals surface area (Å²) in [5, 5.41) is 3.37. The summed E-state index contributed by atoms with van der Waals surface area (Å²) in [6.07, 6.45) is 5.37. The molecule has 0 amide bonds. The minimum absolute atomic E-state index is 0.416. The molecule has 1 saturated heterocycles. The molecule has 0 spiro atoms. The van der Waals surface area contributed by atoms with E-state index in [0.29, 0.717) is 12.6 Å². The van der Waals surface area contributed by atoms with E-state index in [0.717, 1.165) is 37.6 Å². The van der Waals surface area contributed by atoms with Crippen molar-refractivity contribution in [2.45, 2.75) is 25.4 Å². The molecule has 3 N–H and O–H groups in total. The van der Waals surface area contributed by atoms with Crippen LogP contribution in [0.15, 0.2) is 12.4 Å². The van der Waals surface area contributed by atoms with Crippen molar-refractivity contribution in [2.75, 3.05) is 18.5 Å². The van der Waals surface area contributed by atoms with E-state index >= 15 is 0 Å². The van der Waals surface area contributed by atoms with Crippen LogP contribution in [0.1, 0.15) is 18.5 Å². The van der Waals surface area contributed by atoms with E-state index in [-0.39, 0.29) is 0 Å². The second-order valence-electron chi connectivity index (χ2n) is 3.59. The predicted molar refractivity (Wildman–Crippen MR) is 57.4 cm³/mol. The quantitative estimate of drug-likeness (QED) is 0.758. The Morgan fingerprint density at radius 1 is 1.33 bits per heavy atom. The molecule has 0 unspecified atom stereocenters. The second kappa shape index (κ2) is 5.04. The van der Waals surface area contributed by atoms with Gasteiger partial charge >= 0.3 is 0 Å². The van der Waals surface area contributed by atoms with Gasteiger partial charge in [-0.3, -0.25) is 4.98 Å². The molecule has 0 radical (unpaired) electrons. The third-order valence-corrected chi connectivity index (χ3v) is 2.53. The Hall–Kier alpha value is -1.20. The van der Waals surface area contributed by atoms with Gasteiger partial charge in [0.05, 0.1) is 5.69 Å². The highest BCUT2D eigenvalue weighted by atomic mass is 16.5. The van der Waals surface area contributed by atoms with Crippen molar-refractivity contribution in [3.8, 4) is 0 Å². The van der Waals surface area contributed by atoms with Gasteiger partial charge < -0.3 is 15.8 Å². The van der Waals surface area contributed by atoms with E-state index in [9.17, 15) is 0 Å². The van der Waals surface area contributed by atoms with Crippen molar-refractivity contribution in [3.63, 3.8) is 0 Å². The molecule has 1 fully saturated rings. The number of nitrogens with one attached hydrogen (secondary N) is 1. The van der Waals surface area contributed by atoms with Gasteiger partial charge in [0.25, 0.3) is 0 Å². The molecule has 1 aromatic heterocycles. The highest BCUT2D eigenvalue weighted by Crippen LogP contribution is 2.14. The lowest BCUT2D eigenvalue weighted by Gasteiger charge is -2.24. The van der Waals surface area contributed by atoms with Gasteiger partial charge in [-0.2, -0.15) is 0 Å². The Bertz CT molecular complexity index is 312. The summed E-state index contributed by atoms with van der Waals surface area (Å²) in [5.41, 5.74) is 6.41. The highest BCUT2D eigenvalue weighted by molar-refractivity contribution is 5.40. The lowest BCUT2D eigenvalue weighted by atomic mass is 10.1. The molecule has 5 heteroatoms. The minimum atomic E-state index is 0.416. The van der Waals surface area contributed by atoms with Crippen molar-refractivity contribution < 1.29 is 4.74 Å². The zero-order valence-corrected chi connectivity index (χ0v) is 8.65. The summed E-state index contributed by atoms with van der Waals surface area (Å²) < 4.78 is 5.29. The first-order valence-corrected chi connectivity index (χ1v) is 5.24. The van der Waals surface area contributed by atoms with Crippen LogP contribution < -0.4 is 11.1 Å². The standard InChI is InChI=1S/C10H16N4O/c11-7-9-10(13-4-3-12-9)14-8-1-5-15-6-2-8/h3-4,8H,1-2,5-7,11H2,(H,13,14). The topological polar surface area (TPSA) is 73.1 Å². The van der Waals surface area contributed by atoms with Crippen molar-refractivity contribution in [1.29, 1.82) is 0 Å². The number of hydrogen-bond acceptors (Lipinski definition) is 5. The van der Waals surface area contributed by atoms with Gasteiger partial charge in [0.1, 0.15) is 5.82 Å². The number of nitrogens with zero attached hydrogens (tertiary/aromatic N) is 2. The molecular formula is C10H16N4O. The maximum absolute atomic E-state index is 5.59. The van der Waals surface area contributed by atoms with Gasteiger partial charge in [0.15, 0.2) is 0 Å². The smallest absolute Gasteiger partial charge is 0.149 e. The Balaban J connectivity index is 2.02. The van der Waals surface area contributed by atoms with Crippen molar-refractivity contribution in [1.82, 2.24) is 9.97 Å². The maximum atomic E-state index is 5.59. The van der Waals surface area contributed by atoms with E-state index in [2.05, 4.69) is 15.3 Å². The van der Waals surface area contributed by atoms with Crippen molar-refractivity contribution in [3.05, 3.63) is 18.1 Å². The monoisotopic (exact) mass is 208 g/mol. The summed E-state index contributed by atoms with van der Waals surface area (Å²) in [7, 11) is 0. The van der Waals surface area contributed by atoms with Crippen LogP contribution in [0, 0.1) is 0 Å². The fourth-order valence-electron chi connectivity index (χ4n) is 1.67. The summed E-state index contributed by atoms with van der Waals surface area (Å²) in [4.78, 5) is 8.43. The Labute approximate surface area is 89.1 Å². The van der Waals surface area contributed by atoms with Crippen LogP contribution in [0.3, 0.4) is 0 Å². The zero-order chi connectivity index (χ0) is 10.5. The van der Waals surface area contributed by atoms with Crippen LogP contribution in [0.25, 0.3) is 0 Å². The number of ether oxygens (including phenoxy) is 1. The molecule has 1 aliphatic heterocycles. The van der Waals surface area contributed by atoms with Crippen LogP contribution in [-0.2, 0) is 11.3 Å². The van der Waals surface area contributed by atoms with Crippen LogP contribution in [0.5, 0.6) is 0 Å². The normalized spacial score (nSPS) is 17.7. The third-order valence-electron chi connectivity index (χ3n) is 2.53. The van der Waals surface area contributed by atoms with E-state index < -0.39 is 0 Å². The number of aromatic nitrogens is 2. The Morgan fingerprint density at radius 2 is 2.07 bits per heavy atom. The minimum Gasteiger partial charge on any atom is -0.381 e. The number of anilines is 1. The van der Waals surface area contributed by atoms with E-state index in [1.807, 2.05) is 0 Å². The average molecular weight is 208 g/mol. The molecule has 1 aliphatic rings. The van der Waals surface area contributed by atoms with Crippen LogP contribution >= 0.6 is 0 Å². The van der Waals surface area contributed by atoms with E-state index in [4.69, 9.17) is 10.5 Å². The van der Waals surface area contributed by atoms with Gasteiger partial charge in [-0.25, -0.2) is 4.98 Å². The largest absolute Gasteiger partial charge is 0.381 e. The summed E-state index contributed by atoms with van der Waals surface area (Å²) >= 11 is 0. The van der Waals surface area contributed by atoms with Gasteiger partial charge in [0, 0.05) is 38.2 Å². The van der Waals surface area contributed by atoms with E-state index in [1.165, 1.54) is 0 Å². The molecule has 1 aromatic rings. The number of nitrogens with two attached hydrogens (primary N) is 1. The molecular weight excluding hydrogens is 192 g/mol. The summed E-state index contributed by atoms with van der Waals surface area (Å²) in [5.74, 6) is 0.812. The van der Waals surface area contributed by atoms with Crippen LogP contribution in [-0.4, -0.2) is 29.2 Å². The lowest BCUT2D eigenvalue weighted by molar-refractivity contribution is 0.0903. The molecule has 15 heavy (non-hydrogen) atoms. The Kier molecular flexibility index (Phi) is 3.47. The molecule has 2 rings (SSSR count). The molecule has 82 valence electrons. The molecule has 0 aromatic carbocycles. The van der Waals surface area contributed by atoms with Gasteiger partial charge in [-0.05, 0) is 12.8 Å². The lowest BCUT2D eigenvalue weighted by Crippen LogP contribution is -2.29. The second-order valence-corrected chi connectivity index (χ2v) is 3.59. The van der Waals surface area contributed by atoms with Gasteiger partial charge in [0.2, 0.25) is 0 Å². The van der Waals surface area contributed by atoms with Gasteiger partial charge in [-0.15, -0.1) is 0 Å². The van der Waals surface area contributed by atoms with Crippen molar-refractivity contribution in [2.24, 2.45) is 5.73 Å². The van der Waals surface area contributed by atoms with Crippen LogP contribution in [0.4, 0.5) is 5.82 Å². The molecule has 0 saturated carbocycles. The predicted octanol–water partition coefficient (Wildman–Crippen LogP) is 0.526. The zero-order valence-electron chi connectivity index (χ0n) is 8.65. The average Bonchev–Trinajstić information content (AvgIpc) is 2.31. The summed E-state index contributed by atoms with van der Waals surface area (Å²) in [6, 6.07) is 0.431. The number of rotatable bonds is 3. The van der Waals surface area contributed by atoms with Crippen molar-refractivity contribution >= 4 is 5.82 Å². The maximum Gasteiger partial charge on any atom is 0.149 e. The highest BCUT2D eigenvalue weighted by Gasteiger charge is 2.15. The Morgan fingerprint density at radius 3 is 2.80 bits per heavy atom. The molecule has 0 atom stereocenters. The first-order valence-electron chi connectivity index (χ1n) is 5.24. The SMILES string of the molecule is NCc1nccnc1NC1CCOCC1. The third kappa shape index (κ3) is 2.64. The molecule has 5 nitrogen and oxygen atoms in total. The van der Waals surface area contributed by atoms with Gasteiger partial charge in [-0.1, -0.05) is 0 Å². The fourth-order valence-corrected chi connectivity index (χ4v) is 1.67. The number of hydrogen-bond donors (Lipinski definition) is 2. The summed E-state index contributed by atoms with van der Waals surface area (Å²) in [6.45, 7) is 2.05. The molecule has 0 aliphatic carbocycles. The van der Waals surface area contributed by atoms with E-state index in [1.54, 1.807) is 12.4 Å². The first kappa shape index (κ1) is 10.3.